The van der Waals surface area contributed by atoms with Crippen molar-refractivity contribution in [1.82, 2.24) is 44.0 Å². The molecule has 0 saturated heterocycles. The van der Waals surface area contributed by atoms with Crippen molar-refractivity contribution >= 4 is 110 Å². The van der Waals surface area contributed by atoms with Crippen LogP contribution in [-0.4, -0.2) is 39.9 Å². The Morgan fingerprint density at radius 1 is 0.316 bits per heavy atom. The van der Waals surface area contributed by atoms with E-state index in [-0.39, 0.29) is 0 Å². The summed E-state index contributed by atoms with van der Waals surface area (Å²) in [5.74, 6) is 0. The molecule has 0 spiro atoms. The van der Waals surface area contributed by atoms with Crippen LogP contribution >= 0.6 is 35.2 Å². The van der Waals surface area contributed by atoms with Crippen LogP contribution in [0.3, 0.4) is 0 Å². The van der Waals surface area contributed by atoms with Crippen LogP contribution < -0.4 is 4.13 Å². The second-order valence-electron chi connectivity index (χ2n) is 16.1. The Balaban J connectivity index is 0.000000108. The molecule has 0 aliphatic carbocycles. The molecule has 0 radical (unpaired) electrons. The van der Waals surface area contributed by atoms with Gasteiger partial charge in [-0.05, 0) is 103 Å². The van der Waals surface area contributed by atoms with Gasteiger partial charge in [0.15, 0.2) is 0 Å². The van der Waals surface area contributed by atoms with Gasteiger partial charge in [-0.25, -0.2) is 24.9 Å². The molecule has 370 valence electrons. The van der Waals surface area contributed by atoms with E-state index in [2.05, 4.69) is 190 Å². The molecule has 15 aromatic rings. The quantitative estimate of drug-likeness (QED) is 0.141. The molecule has 1 aliphatic heterocycles. The fourth-order valence-corrected chi connectivity index (χ4v) is 10.5. The van der Waals surface area contributed by atoms with E-state index in [1.807, 2.05) is 96.4 Å². The van der Waals surface area contributed by atoms with Gasteiger partial charge in [0.05, 0.1) is 5.52 Å². The number of furan rings is 1. The molecule has 8 aromatic carbocycles. The van der Waals surface area contributed by atoms with E-state index in [4.69, 9.17) is 4.42 Å². The van der Waals surface area contributed by atoms with Crippen molar-refractivity contribution in [3.63, 3.8) is 0 Å². The third-order valence-electron chi connectivity index (χ3n) is 11.1. The van der Waals surface area contributed by atoms with E-state index in [1.54, 1.807) is 54.7 Å². The van der Waals surface area contributed by atoms with E-state index >= 15 is 0 Å². The van der Waals surface area contributed by atoms with Gasteiger partial charge in [-0.15, -0.1) is 11.3 Å². The summed E-state index contributed by atoms with van der Waals surface area (Å²) in [5, 5.41) is 8.95. The highest BCUT2D eigenvalue weighted by Gasteiger charge is 2.09. The first-order valence-corrected chi connectivity index (χ1v) is 26.5. The molecule has 0 atom stereocenters. The van der Waals surface area contributed by atoms with Crippen LogP contribution in [0.2, 0.25) is 0 Å². The smallest absolute Gasteiger partial charge is 0.135 e. The minimum absolute atomic E-state index is 0.962. The lowest BCUT2D eigenvalue weighted by atomic mass is 10.2. The van der Waals surface area contributed by atoms with E-state index in [9.17, 15) is 0 Å². The third-order valence-corrected chi connectivity index (χ3v) is 14.2. The standard InChI is InChI=1S/C12H9N.C12H8O.C12H8S.C9H7N.C6H5NS2.C5H5N.C4H4N2.C3H3N3/c3*1-3-7-11-9(5-1)10-6-2-4-8-12(10)13-11;1-2-6-9-8(4-1)5-3-7-10-9;1-2-4-6-5(3-1)8-7-9-6;1-2-4-6-5-3-1;1-2-5-4-6-3-1;1-4-2-6-3-5-1/h1-8,13H;2*1-8H;1-7H;1-4,7H;1-5H;1-4H;1-3H. The maximum absolute atomic E-state index is 5.65. The summed E-state index contributed by atoms with van der Waals surface area (Å²) in [6.07, 6.45) is 14.5. The monoisotopic (exact) mass is 1040 g/mol. The van der Waals surface area contributed by atoms with Crippen molar-refractivity contribution in [3.05, 3.63) is 287 Å². The Kier molecular flexibility index (Phi) is 19.3. The molecule has 13 heteroatoms. The van der Waals surface area contributed by atoms with E-state index in [0.29, 0.717) is 0 Å². The van der Waals surface area contributed by atoms with Crippen LogP contribution in [0.5, 0.6) is 0 Å². The Morgan fingerprint density at radius 2 is 0.750 bits per heavy atom. The van der Waals surface area contributed by atoms with E-state index in [1.165, 1.54) is 93.2 Å². The molecule has 10 nitrogen and oxygen atoms in total. The Labute approximate surface area is 452 Å². The van der Waals surface area contributed by atoms with Gasteiger partial charge in [0.2, 0.25) is 0 Å². The number of H-pyrrole nitrogens is 1. The number of pyridine rings is 2. The number of rotatable bonds is 0. The van der Waals surface area contributed by atoms with Crippen LogP contribution in [0.25, 0.3) is 74.8 Å². The molecule has 2 N–H and O–H groups in total. The number of aromatic amines is 1. The summed E-state index contributed by atoms with van der Waals surface area (Å²) >= 11 is 5.22. The van der Waals surface area contributed by atoms with Gasteiger partial charge in [-0.2, -0.15) is 4.13 Å². The molecule has 0 saturated carbocycles. The molecule has 0 bridgehead atoms. The number of hydrogen-bond acceptors (Lipinski definition) is 12. The van der Waals surface area contributed by atoms with Crippen LogP contribution in [-0.2, 0) is 0 Å². The zero-order valence-corrected chi connectivity index (χ0v) is 43.3. The molecule has 1 aliphatic rings. The number of thiophene rings is 1. The largest absolute Gasteiger partial charge is 0.456 e. The molecule has 7 aromatic heterocycles. The first kappa shape index (κ1) is 51.8. The van der Waals surface area contributed by atoms with Crippen molar-refractivity contribution in [1.29, 1.82) is 0 Å². The van der Waals surface area contributed by atoms with E-state index < -0.39 is 0 Å². The highest BCUT2D eigenvalue weighted by atomic mass is 32.2. The Morgan fingerprint density at radius 3 is 1.22 bits per heavy atom. The van der Waals surface area contributed by atoms with Gasteiger partial charge in [-0.1, -0.05) is 152 Å². The van der Waals surface area contributed by atoms with Crippen LogP contribution in [0, 0.1) is 0 Å². The SMILES string of the molecule is c1ccc2c(c1)SNS2.c1ccc2c(c1)[nH]c1ccccc12.c1ccc2c(c1)oc1ccccc12.c1ccc2c(c1)sc1ccccc12.c1ccc2ncccc2c1.c1ccncc1.c1cncnc1.c1ncncn1. The van der Waals surface area contributed by atoms with Crippen molar-refractivity contribution in [3.8, 4) is 0 Å². The van der Waals surface area contributed by atoms with Crippen LogP contribution in [0.15, 0.2) is 301 Å². The van der Waals surface area contributed by atoms with Crippen LogP contribution in [0.1, 0.15) is 0 Å². The number of fused-ring (bicyclic) bond motifs is 11. The molecular weight excluding hydrogens is 995 g/mol. The number of nitrogens with one attached hydrogen (secondary N) is 2. The van der Waals surface area contributed by atoms with Crippen molar-refractivity contribution in [2.45, 2.75) is 9.79 Å². The summed E-state index contributed by atoms with van der Waals surface area (Å²) in [5.41, 5.74) is 5.41. The van der Waals surface area contributed by atoms with Gasteiger partial charge in [0.25, 0.3) is 0 Å². The van der Waals surface area contributed by atoms with Gasteiger partial charge >= 0.3 is 0 Å². The predicted octanol–water partition coefficient (Wildman–Crippen LogP) is 16.9. The highest BCUT2D eigenvalue weighted by Crippen LogP contribution is 2.36. The zero-order chi connectivity index (χ0) is 51.7. The minimum atomic E-state index is 0.962. The lowest BCUT2D eigenvalue weighted by Gasteiger charge is -1.91. The van der Waals surface area contributed by atoms with E-state index in [0.717, 1.165) is 16.7 Å². The summed E-state index contributed by atoms with van der Waals surface area (Å²) in [7, 11) is 0. The Bertz CT molecular complexity index is 3440. The summed E-state index contributed by atoms with van der Waals surface area (Å²) in [6, 6.07) is 78.0. The predicted molar refractivity (Wildman–Crippen MR) is 318 cm³/mol. The molecule has 76 heavy (non-hydrogen) atoms. The molecule has 0 fully saturated rings. The molecule has 0 amide bonds. The van der Waals surface area contributed by atoms with Gasteiger partial charge in [0.1, 0.15) is 36.5 Å². The summed E-state index contributed by atoms with van der Waals surface area (Å²) in [4.78, 5) is 32.0. The van der Waals surface area contributed by atoms with Crippen molar-refractivity contribution in [2.24, 2.45) is 0 Å². The van der Waals surface area contributed by atoms with Gasteiger partial charge in [0, 0.05) is 98.9 Å². The molecular formula is C63H49N9OS3. The van der Waals surface area contributed by atoms with Gasteiger partial charge < -0.3 is 9.40 Å². The third kappa shape index (κ3) is 14.8. The van der Waals surface area contributed by atoms with Crippen molar-refractivity contribution in [2.75, 3.05) is 0 Å². The first-order chi connectivity index (χ1) is 37.8. The second-order valence-corrected chi connectivity index (χ2v) is 19.1. The fraction of sp³-hybridized carbons (Fsp3) is 0. The molecule has 16 rings (SSSR count). The average Bonchev–Trinajstić information content (AvgIpc) is 4.33. The van der Waals surface area contributed by atoms with Crippen LogP contribution in [0.4, 0.5) is 0 Å². The number of aromatic nitrogens is 8. The van der Waals surface area contributed by atoms with Gasteiger partial charge in [-0.3, -0.25) is 9.97 Å². The number of benzene rings is 8. The highest BCUT2D eigenvalue weighted by molar-refractivity contribution is 8.15. The maximum Gasteiger partial charge on any atom is 0.135 e. The number of para-hydroxylation sites is 5. The first-order valence-electron chi connectivity index (χ1n) is 24.0. The molecule has 8 heterocycles. The topological polar surface area (TPSA) is 131 Å². The minimum Gasteiger partial charge on any atom is -0.456 e. The normalized spacial score (nSPS) is 10.7. The maximum atomic E-state index is 5.65. The second kappa shape index (κ2) is 28.4. The lowest BCUT2D eigenvalue weighted by molar-refractivity contribution is 0.669. The molecule has 0 unspecified atom stereocenters. The zero-order valence-electron chi connectivity index (χ0n) is 40.9. The number of hydrogen-bond donors (Lipinski definition) is 2. The summed E-state index contributed by atoms with van der Waals surface area (Å²) in [6.45, 7) is 0. The summed E-state index contributed by atoms with van der Waals surface area (Å²) < 4.78 is 11.5. The lowest BCUT2D eigenvalue weighted by Crippen LogP contribution is -1.73. The Hall–Kier alpha value is -9.11. The average molecular weight is 1040 g/mol. The van der Waals surface area contributed by atoms with Crippen molar-refractivity contribution < 1.29 is 4.42 Å². The fourth-order valence-electron chi connectivity index (χ4n) is 7.66. The number of nitrogens with zero attached hydrogens (tertiary/aromatic N) is 7.